The molecule has 126 valence electrons. The monoisotopic (exact) mass is 343 g/mol. The molecule has 2 aromatic carbocycles. The van der Waals surface area contributed by atoms with Crippen LogP contribution in [0.25, 0.3) is 0 Å². The summed E-state index contributed by atoms with van der Waals surface area (Å²) in [5.41, 5.74) is 2.83. The second-order valence-corrected chi connectivity index (χ2v) is 8.40. The Bertz CT molecular complexity index is 888. The van der Waals surface area contributed by atoms with E-state index in [1.54, 1.807) is 30.3 Å². The molecule has 2 rings (SSSR count). The number of benzene rings is 2. The van der Waals surface area contributed by atoms with Crippen molar-refractivity contribution in [1.29, 1.82) is 5.26 Å². The van der Waals surface area contributed by atoms with Crippen molar-refractivity contribution in [2.24, 2.45) is 0 Å². The molecule has 0 heterocycles. The first-order chi connectivity index (χ1) is 11.1. The predicted octanol–water partition coefficient (Wildman–Crippen LogP) is 4.07. The van der Waals surface area contributed by atoms with Crippen molar-refractivity contribution < 1.29 is 12.6 Å². The molecule has 0 aliphatic heterocycles. The van der Waals surface area contributed by atoms with Gasteiger partial charge in [0.25, 0.3) is 0 Å². The number of rotatable bonds is 4. The van der Waals surface area contributed by atoms with Crippen LogP contribution < -0.4 is 4.18 Å². The van der Waals surface area contributed by atoms with Crippen molar-refractivity contribution >= 4 is 10.1 Å². The largest absolute Gasteiger partial charge is 0.382 e. The Morgan fingerprint density at radius 3 is 2.42 bits per heavy atom. The van der Waals surface area contributed by atoms with Gasteiger partial charge in [0.1, 0.15) is 11.5 Å². The Kier molecular flexibility index (Phi) is 5.00. The summed E-state index contributed by atoms with van der Waals surface area (Å²) in [5.74, 6) is 0.0580. The summed E-state index contributed by atoms with van der Waals surface area (Å²) < 4.78 is 29.9. The van der Waals surface area contributed by atoms with Crippen molar-refractivity contribution in [3.63, 3.8) is 0 Å². The molecule has 4 nitrogen and oxygen atoms in total. The van der Waals surface area contributed by atoms with Gasteiger partial charge in [0.15, 0.2) is 0 Å². The molecular weight excluding hydrogens is 322 g/mol. The Balaban J connectivity index is 2.22. The summed E-state index contributed by atoms with van der Waals surface area (Å²) in [6.45, 7) is 8.13. The van der Waals surface area contributed by atoms with E-state index in [1.807, 2.05) is 25.1 Å². The number of hydrogen-bond donors (Lipinski definition) is 0. The zero-order chi connectivity index (χ0) is 18.0. The minimum Gasteiger partial charge on any atom is -0.382 e. The molecule has 0 amide bonds. The predicted molar refractivity (Wildman–Crippen MR) is 94.3 cm³/mol. The van der Waals surface area contributed by atoms with Crippen LogP contribution in [0.15, 0.2) is 42.5 Å². The van der Waals surface area contributed by atoms with Crippen LogP contribution in [0.5, 0.6) is 5.75 Å². The van der Waals surface area contributed by atoms with Gasteiger partial charge in [-0.05, 0) is 47.2 Å². The summed E-state index contributed by atoms with van der Waals surface area (Å²) in [6.07, 6.45) is 0. The first kappa shape index (κ1) is 18.0. The zero-order valence-electron chi connectivity index (χ0n) is 14.3. The van der Waals surface area contributed by atoms with Gasteiger partial charge in [-0.25, -0.2) is 0 Å². The lowest BCUT2D eigenvalue weighted by atomic mass is 9.86. The molecular formula is C19H21NO3S. The van der Waals surface area contributed by atoms with Gasteiger partial charge in [0, 0.05) is 0 Å². The quantitative estimate of drug-likeness (QED) is 0.785. The topological polar surface area (TPSA) is 67.2 Å². The van der Waals surface area contributed by atoms with Crippen molar-refractivity contribution in [2.45, 2.75) is 38.9 Å². The molecule has 0 radical (unpaired) electrons. The molecule has 5 heteroatoms. The lowest BCUT2D eigenvalue weighted by Gasteiger charge is -2.20. The molecule has 0 unspecified atom stereocenters. The first-order valence-electron chi connectivity index (χ1n) is 7.63. The lowest BCUT2D eigenvalue weighted by Crippen LogP contribution is -2.14. The molecule has 0 fully saturated rings. The van der Waals surface area contributed by atoms with Crippen LogP contribution in [0, 0.1) is 18.3 Å². The Labute approximate surface area is 143 Å². The third-order valence-corrected chi connectivity index (χ3v) is 4.78. The van der Waals surface area contributed by atoms with Crippen LogP contribution in [-0.2, 0) is 21.3 Å². The van der Waals surface area contributed by atoms with Crippen LogP contribution in [0.2, 0.25) is 0 Å². The molecule has 0 spiro atoms. The summed E-state index contributed by atoms with van der Waals surface area (Å²) in [4.78, 5) is 0. The molecule has 0 aliphatic carbocycles. The smallest absolute Gasteiger partial charge is 0.313 e. The molecule has 0 saturated carbocycles. The van der Waals surface area contributed by atoms with Crippen molar-refractivity contribution in [2.75, 3.05) is 0 Å². The van der Waals surface area contributed by atoms with Crippen molar-refractivity contribution in [3.8, 4) is 11.8 Å². The van der Waals surface area contributed by atoms with Crippen LogP contribution in [0.3, 0.4) is 0 Å². The summed E-state index contributed by atoms with van der Waals surface area (Å²) in [6, 6.07) is 14.0. The Hall–Kier alpha value is -2.32. The summed E-state index contributed by atoms with van der Waals surface area (Å²) in [7, 11) is -3.79. The van der Waals surface area contributed by atoms with E-state index in [-0.39, 0.29) is 11.2 Å². The van der Waals surface area contributed by atoms with E-state index in [1.165, 1.54) is 0 Å². The van der Waals surface area contributed by atoms with E-state index in [0.717, 1.165) is 11.1 Å². The number of hydrogen-bond acceptors (Lipinski definition) is 4. The third kappa shape index (κ3) is 4.59. The van der Waals surface area contributed by atoms with Gasteiger partial charge in [-0.3, -0.25) is 0 Å². The van der Waals surface area contributed by atoms with Gasteiger partial charge < -0.3 is 4.18 Å². The average Bonchev–Trinajstić information content (AvgIpc) is 2.47. The van der Waals surface area contributed by atoms with E-state index in [4.69, 9.17) is 9.44 Å². The van der Waals surface area contributed by atoms with E-state index >= 15 is 0 Å². The molecule has 0 atom stereocenters. The minimum atomic E-state index is -3.79. The highest BCUT2D eigenvalue weighted by atomic mass is 32.2. The van der Waals surface area contributed by atoms with E-state index < -0.39 is 10.1 Å². The van der Waals surface area contributed by atoms with E-state index in [0.29, 0.717) is 16.9 Å². The summed E-state index contributed by atoms with van der Waals surface area (Å²) in [5, 5.41) is 8.89. The van der Waals surface area contributed by atoms with E-state index in [9.17, 15) is 8.42 Å². The highest BCUT2D eigenvalue weighted by molar-refractivity contribution is 7.86. The third-order valence-electron chi connectivity index (χ3n) is 3.66. The molecule has 0 bridgehead atoms. The normalized spacial score (nSPS) is 11.8. The number of aryl methyl sites for hydroxylation is 1. The highest BCUT2D eigenvalue weighted by Crippen LogP contribution is 2.28. The standard InChI is InChI=1S/C19H21NO3S/c1-14-10-17(19(2,3)4)8-9-18(14)23-24(21,22)13-16-7-5-6-15(11-16)12-20/h5-11H,13H2,1-4H3. The Morgan fingerprint density at radius 2 is 1.83 bits per heavy atom. The highest BCUT2D eigenvalue weighted by Gasteiger charge is 2.18. The van der Waals surface area contributed by atoms with Crippen molar-refractivity contribution in [3.05, 3.63) is 64.7 Å². The van der Waals surface area contributed by atoms with Crippen LogP contribution in [0.4, 0.5) is 0 Å². The number of nitriles is 1. The van der Waals surface area contributed by atoms with Gasteiger partial charge >= 0.3 is 10.1 Å². The molecule has 0 aliphatic rings. The zero-order valence-corrected chi connectivity index (χ0v) is 15.1. The van der Waals surface area contributed by atoms with Crippen LogP contribution >= 0.6 is 0 Å². The minimum absolute atomic E-state index is 0.0140. The maximum atomic E-state index is 12.3. The fourth-order valence-corrected chi connectivity index (χ4v) is 3.42. The molecule has 2 aromatic rings. The molecule has 0 saturated heterocycles. The first-order valence-corrected chi connectivity index (χ1v) is 9.21. The lowest BCUT2D eigenvalue weighted by molar-refractivity contribution is 0.482. The van der Waals surface area contributed by atoms with E-state index in [2.05, 4.69) is 20.8 Å². The molecule has 0 aromatic heterocycles. The Morgan fingerprint density at radius 1 is 1.12 bits per heavy atom. The van der Waals surface area contributed by atoms with Gasteiger partial charge in [0.05, 0.1) is 11.6 Å². The van der Waals surface area contributed by atoms with Gasteiger partial charge in [-0.15, -0.1) is 0 Å². The van der Waals surface area contributed by atoms with Gasteiger partial charge in [-0.2, -0.15) is 13.7 Å². The number of nitrogens with zero attached hydrogens (tertiary/aromatic N) is 1. The van der Waals surface area contributed by atoms with Crippen LogP contribution in [-0.4, -0.2) is 8.42 Å². The average molecular weight is 343 g/mol. The second kappa shape index (κ2) is 6.66. The van der Waals surface area contributed by atoms with Gasteiger partial charge in [-0.1, -0.05) is 45.0 Å². The van der Waals surface area contributed by atoms with Crippen molar-refractivity contribution in [1.82, 2.24) is 0 Å². The van der Waals surface area contributed by atoms with Crippen LogP contribution in [0.1, 0.15) is 43.0 Å². The fourth-order valence-electron chi connectivity index (χ4n) is 2.31. The summed E-state index contributed by atoms with van der Waals surface area (Å²) >= 11 is 0. The SMILES string of the molecule is Cc1cc(C(C)(C)C)ccc1OS(=O)(=O)Cc1cccc(C#N)c1. The molecule has 0 N–H and O–H groups in total. The maximum absolute atomic E-state index is 12.3. The molecule has 24 heavy (non-hydrogen) atoms. The fraction of sp³-hybridized carbons (Fsp3) is 0.316. The maximum Gasteiger partial charge on any atom is 0.313 e. The van der Waals surface area contributed by atoms with Gasteiger partial charge in [0.2, 0.25) is 0 Å². The second-order valence-electron chi connectivity index (χ2n) is 6.83.